The van der Waals surface area contributed by atoms with Crippen LogP contribution in [0.15, 0.2) is 72.8 Å². The van der Waals surface area contributed by atoms with Crippen LogP contribution in [0.2, 0.25) is 0 Å². The van der Waals surface area contributed by atoms with Gasteiger partial charge in [-0.15, -0.1) is 0 Å². The van der Waals surface area contributed by atoms with E-state index >= 15 is 0 Å². The highest BCUT2D eigenvalue weighted by atomic mass is 35.5. The third kappa shape index (κ3) is 6.53. The SMILES string of the molecule is NN(Cl)c1ccc(C[C@H]2C(=O)N(Cc3ccc(F)cc3F)C[C@H]3N2C(=O)CN(CF)N3C(=O)NCc2ccccc2)cc1. The smallest absolute Gasteiger partial charge is 0.333 e. The number of benzene rings is 3. The molecule has 0 aliphatic carbocycles. The lowest BCUT2D eigenvalue weighted by Crippen LogP contribution is -2.76. The van der Waals surface area contributed by atoms with E-state index in [1.807, 2.05) is 30.3 Å². The fraction of sp³-hybridized carbons (Fsp3) is 0.276. The summed E-state index contributed by atoms with van der Waals surface area (Å²) in [6, 6.07) is 16.9. The van der Waals surface area contributed by atoms with Crippen LogP contribution in [0, 0.1) is 11.6 Å². The number of rotatable bonds is 8. The Labute approximate surface area is 251 Å². The van der Waals surface area contributed by atoms with E-state index in [-0.39, 0.29) is 31.6 Å². The first-order valence-electron chi connectivity index (χ1n) is 13.4. The Morgan fingerprint density at radius 2 is 1.74 bits per heavy atom. The lowest BCUT2D eigenvalue weighted by molar-refractivity contribution is -0.195. The predicted octanol–water partition coefficient (Wildman–Crippen LogP) is 3.28. The molecule has 3 N–H and O–H groups in total. The van der Waals surface area contributed by atoms with Gasteiger partial charge in [0, 0.05) is 42.9 Å². The van der Waals surface area contributed by atoms with Gasteiger partial charge in [0.05, 0.1) is 12.2 Å². The number of halogens is 4. The van der Waals surface area contributed by atoms with E-state index in [9.17, 15) is 27.6 Å². The number of carbonyl (C=O) groups excluding carboxylic acids is 3. The van der Waals surface area contributed by atoms with Crippen LogP contribution in [-0.4, -0.2) is 69.8 Å². The normalized spacial score (nSPS) is 19.0. The van der Waals surface area contributed by atoms with Crippen molar-refractivity contribution in [2.75, 3.05) is 24.4 Å². The number of amides is 4. The number of nitrogens with two attached hydrogens (primary N) is 1. The Kier molecular flexibility index (Phi) is 9.04. The van der Waals surface area contributed by atoms with Gasteiger partial charge in [-0.1, -0.05) is 48.5 Å². The molecule has 0 bridgehead atoms. The van der Waals surface area contributed by atoms with Crippen LogP contribution in [0.4, 0.5) is 23.7 Å². The summed E-state index contributed by atoms with van der Waals surface area (Å²) >= 11 is 5.80. The van der Waals surface area contributed by atoms with Crippen molar-refractivity contribution >= 4 is 35.3 Å². The molecule has 2 aliphatic heterocycles. The van der Waals surface area contributed by atoms with Crippen LogP contribution in [-0.2, 0) is 29.1 Å². The van der Waals surface area contributed by atoms with E-state index in [2.05, 4.69) is 5.32 Å². The lowest BCUT2D eigenvalue weighted by Gasteiger charge is -2.54. The Balaban J connectivity index is 1.49. The third-order valence-corrected chi connectivity index (χ3v) is 7.65. The third-order valence-electron chi connectivity index (χ3n) is 7.45. The Morgan fingerprint density at radius 1 is 1.02 bits per heavy atom. The average Bonchev–Trinajstić information content (AvgIpc) is 2.99. The van der Waals surface area contributed by atoms with E-state index < -0.39 is 55.0 Å². The number of anilines is 1. The van der Waals surface area contributed by atoms with Gasteiger partial charge >= 0.3 is 6.03 Å². The van der Waals surface area contributed by atoms with Gasteiger partial charge < -0.3 is 15.1 Å². The summed E-state index contributed by atoms with van der Waals surface area (Å²) in [4.78, 5) is 43.5. The minimum Gasteiger partial charge on any atom is -0.333 e. The zero-order valence-electron chi connectivity index (χ0n) is 22.9. The summed E-state index contributed by atoms with van der Waals surface area (Å²) in [7, 11) is 0. The number of hydrazine groups is 2. The molecule has 3 aromatic carbocycles. The van der Waals surface area contributed by atoms with Crippen LogP contribution in [0.5, 0.6) is 0 Å². The van der Waals surface area contributed by atoms with Gasteiger partial charge in [0.1, 0.15) is 30.4 Å². The van der Waals surface area contributed by atoms with Crippen molar-refractivity contribution in [2.24, 2.45) is 5.84 Å². The summed E-state index contributed by atoms with van der Waals surface area (Å²) in [6.07, 6.45) is -1.08. The van der Waals surface area contributed by atoms with Gasteiger partial charge in [-0.3, -0.25) is 9.59 Å². The molecule has 0 radical (unpaired) electrons. The zero-order chi connectivity index (χ0) is 30.7. The highest BCUT2D eigenvalue weighted by Crippen LogP contribution is 2.30. The van der Waals surface area contributed by atoms with E-state index in [4.69, 9.17) is 17.6 Å². The average molecular weight is 616 g/mol. The zero-order valence-corrected chi connectivity index (χ0v) is 23.6. The van der Waals surface area contributed by atoms with Crippen molar-refractivity contribution in [3.05, 3.63) is 101 Å². The molecule has 14 heteroatoms. The van der Waals surface area contributed by atoms with Crippen LogP contribution < -0.4 is 15.7 Å². The van der Waals surface area contributed by atoms with Crippen molar-refractivity contribution < 1.29 is 27.6 Å². The predicted molar refractivity (Wildman–Crippen MR) is 152 cm³/mol. The largest absolute Gasteiger partial charge is 0.334 e. The summed E-state index contributed by atoms with van der Waals surface area (Å²) in [6.45, 7) is -1.98. The van der Waals surface area contributed by atoms with Crippen LogP contribution in [0.3, 0.4) is 0 Å². The molecule has 2 saturated heterocycles. The van der Waals surface area contributed by atoms with Crippen molar-refractivity contribution in [1.29, 1.82) is 0 Å². The molecule has 0 unspecified atom stereocenters. The molecule has 3 aromatic rings. The number of hydrogen-bond donors (Lipinski definition) is 2. The minimum atomic E-state index is -1.14. The molecular formula is C29H29ClF3N7O3. The fourth-order valence-corrected chi connectivity index (χ4v) is 5.46. The Bertz CT molecular complexity index is 1480. The van der Waals surface area contributed by atoms with Gasteiger partial charge in [-0.05, 0) is 29.3 Å². The van der Waals surface area contributed by atoms with Gasteiger partial charge in [0.15, 0.2) is 6.80 Å². The molecular weight excluding hydrogens is 587 g/mol. The number of nitrogens with one attached hydrogen (secondary N) is 1. The van der Waals surface area contributed by atoms with E-state index in [1.165, 1.54) is 15.9 Å². The first-order chi connectivity index (χ1) is 20.7. The first-order valence-corrected chi connectivity index (χ1v) is 13.7. The summed E-state index contributed by atoms with van der Waals surface area (Å²) in [5.41, 5.74) is 1.98. The van der Waals surface area contributed by atoms with E-state index in [1.54, 1.807) is 24.3 Å². The number of alkyl halides is 1. The number of nitrogens with zero attached hydrogens (tertiary/aromatic N) is 5. The first kappa shape index (κ1) is 30.1. The minimum absolute atomic E-state index is 0.0334. The van der Waals surface area contributed by atoms with Gasteiger partial charge in [-0.2, -0.15) is 5.01 Å². The van der Waals surface area contributed by atoms with E-state index in [0.29, 0.717) is 17.3 Å². The molecule has 0 spiro atoms. The highest BCUT2D eigenvalue weighted by molar-refractivity contribution is 6.24. The van der Waals surface area contributed by atoms with Crippen molar-refractivity contribution in [2.45, 2.75) is 31.7 Å². The second-order valence-corrected chi connectivity index (χ2v) is 10.6. The molecule has 2 fully saturated rings. The van der Waals surface area contributed by atoms with Gasteiger partial charge in [0.25, 0.3) is 0 Å². The number of urea groups is 1. The Morgan fingerprint density at radius 3 is 2.40 bits per heavy atom. The molecule has 10 nitrogen and oxygen atoms in total. The quantitative estimate of drug-likeness (QED) is 0.174. The maximum atomic E-state index is 14.7. The Hall–Kier alpha value is -4.33. The second kappa shape index (κ2) is 12.9. The fourth-order valence-electron chi connectivity index (χ4n) is 5.35. The number of piperazine rings is 1. The molecule has 0 saturated carbocycles. The van der Waals surface area contributed by atoms with Crippen LogP contribution >= 0.6 is 11.8 Å². The number of hydrogen-bond acceptors (Lipinski definition) is 6. The van der Waals surface area contributed by atoms with E-state index in [0.717, 1.165) is 26.2 Å². The summed E-state index contributed by atoms with van der Waals surface area (Å²) in [5, 5.41) is 4.83. The second-order valence-electron chi connectivity index (χ2n) is 10.2. The molecule has 2 aliphatic rings. The van der Waals surface area contributed by atoms with Crippen LogP contribution in [0.1, 0.15) is 16.7 Å². The summed E-state index contributed by atoms with van der Waals surface area (Å²) < 4.78 is 43.4. The summed E-state index contributed by atoms with van der Waals surface area (Å²) in [5.74, 6) is 2.89. The van der Waals surface area contributed by atoms with Crippen molar-refractivity contribution in [1.82, 2.24) is 25.1 Å². The van der Waals surface area contributed by atoms with Gasteiger partial charge in [-0.25, -0.2) is 33.3 Å². The maximum absolute atomic E-state index is 14.7. The molecule has 226 valence electrons. The molecule has 0 aromatic heterocycles. The molecule has 4 amide bonds. The maximum Gasteiger partial charge on any atom is 0.334 e. The molecule has 2 atom stereocenters. The monoisotopic (exact) mass is 615 g/mol. The number of carbonyl (C=O) groups is 3. The molecule has 43 heavy (non-hydrogen) atoms. The van der Waals surface area contributed by atoms with Crippen molar-refractivity contribution in [3.63, 3.8) is 0 Å². The number of fused-ring (bicyclic) bond motifs is 1. The standard InChI is InChI=1S/C29H29ClF3N7O3/c30-40(34)23-10-6-19(7-11-23)12-25-28(42)36(15-21-8-9-22(32)13-24(21)33)16-26-38(25)27(41)17-37(18-31)39(26)29(43)35-14-20-4-2-1-3-5-20/h1-11,13,25-26H,12,14-18,34H2,(H,35,43)/t25-,26-/m0/s1. The van der Waals surface area contributed by atoms with Crippen molar-refractivity contribution in [3.8, 4) is 0 Å². The molecule has 2 heterocycles. The topological polar surface area (TPSA) is 105 Å². The van der Waals surface area contributed by atoms with Crippen LogP contribution in [0.25, 0.3) is 0 Å². The lowest BCUT2D eigenvalue weighted by atomic mass is 9.98. The highest BCUT2D eigenvalue weighted by Gasteiger charge is 2.51. The molecule has 5 rings (SSSR count). The van der Waals surface area contributed by atoms with Gasteiger partial charge in [0.2, 0.25) is 11.8 Å².